The highest BCUT2D eigenvalue weighted by Crippen LogP contribution is 2.33. The van der Waals surface area contributed by atoms with E-state index in [1.165, 1.54) is 0 Å². The minimum atomic E-state index is -0.851. The largest absolute Gasteiger partial charge is 0.493 e. The van der Waals surface area contributed by atoms with Gasteiger partial charge in [0.1, 0.15) is 11.4 Å². The second kappa shape index (κ2) is 6.93. The van der Waals surface area contributed by atoms with Crippen LogP contribution in [0.1, 0.15) is 19.0 Å². The first-order valence-electron chi connectivity index (χ1n) is 7.70. The van der Waals surface area contributed by atoms with Gasteiger partial charge in [-0.25, -0.2) is 4.98 Å². The molecule has 0 bridgehead atoms. The summed E-state index contributed by atoms with van der Waals surface area (Å²) in [6, 6.07) is 11.2. The topological polar surface area (TPSA) is 63.8 Å². The minimum absolute atomic E-state index is 0.0180. The summed E-state index contributed by atoms with van der Waals surface area (Å²) in [5.74, 6) is -0.123. The molecule has 0 radical (unpaired) electrons. The fourth-order valence-corrected chi connectivity index (χ4v) is 2.85. The number of halogens is 1. The summed E-state index contributed by atoms with van der Waals surface area (Å²) in [6.45, 7) is 2.46. The Bertz CT molecular complexity index is 889. The molecule has 0 aliphatic carbocycles. The van der Waals surface area contributed by atoms with Gasteiger partial charge in [-0.15, -0.1) is 0 Å². The Morgan fingerprint density at radius 3 is 2.83 bits per heavy atom. The van der Waals surface area contributed by atoms with Crippen molar-refractivity contribution >= 4 is 23.2 Å². The van der Waals surface area contributed by atoms with Gasteiger partial charge in [-0.3, -0.25) is 4.79 Å². The summed E-state index contributed by atoms with van der Waals surface area (Å²) >= 11 is 6.10. The van der Waals surface area contributed by atoms with Crippen LogP contribution in [0.15, 0.2) is 42.6 Å². The van der Waals surface area contributed by atoms with E-state index < -0.39 is 5.97 Å². The highest BCUT2D eigenvalue weighted by Gasteiger charge is 2.18. The standard InChI is InChI=1S/C18H17ClN2O3/c1-2-24-15-6-4-3-5-13(15)18-14(8-10-17(22)23)21-11-12(19)7-9-16(21)20-18/h3-7,9,11H,2,8,10H2,1H3,(H,22,23). The smallest absolute Gasteiger partial charge is 0.303 e. The predicted molar refractivity (Wildman–Crippen MR) is 92.8 cm³/mol. The van der Waals surface area contributed by atoms with E-state index in [-0.39, 0.29) is 6.42 Å². The Morgan fingerprint density at radius 1 is 1.29 bits per heavy atom. The second-order valence-corrected chi connectivity index (χ2v) is 5.74. The Hall–Kier alpha value is -2.53. The number of ether oxygens (including phenoxy) is 1. The molecule has 3 aromatic rings. The van der Waals surface area contributed by atoms with Gasteiger partial charge in [-0.2, -0.15) is 0 Å². The highest BCUT2D eigenvalue weighted by atomic mass is 35.5. The molecule has 1 aromatic carbocycles. The lowest BCUT2D eigenvalue weighted by Gasteiger charge is -2.10. The first kappa shape index (κ1) is 16.3. The van der Waals surface area contributed by atoms with Crippen molar-refractivity contribution in [1.82, 2.24) is 9.38 Å². The fraction of sp³-hybridized carbons (Fsp3) is 0.222. The van der Waals surface area contributed by atoms with E-state index in [1.807, 2.05) is 41.7 Å². The molecule has 6 heteroatoms. The van der Waals surface area contributed by atoms with E-state index in [0.717, 1.165) is 28.3 Å². The maximum absolute atomic E-state index is 11.0. The number of pyridine rings is 1. The van der Waals surface area contributed by atoms with Gasteiger partial charge in [0, 0.05) is 18.2 Å². The van der Waals surface area contributed by atoms with Crippen molar-refractivity contribution in [3.63, 3.8) is 0 Å². The molecule has 124 valence electrons. The van der Waals surface area contributed by atoms with Crippen molar-refractivity contribution in [2.75, 3.05) is 6.61 Å². The van der Waals surface area contributed by atoms with Crippen LogP contribution in [-0.2, 0) is 11.2 Å². The molecular weight excluding hydrogens is 328 g/mol. The molecule has 0 amide bonds. The molecule has 24 heavy (non-hydrogen) atoms. The molecule has 2 heterocycles. The zero-order chi connectivity index (χ0) is 17.1. The van der Waals surface area contributed by atoms with Gasteiger partial charge in [-0.05, 0) is 31.2 Å². The van der Waals surface area contributed by atoms with Crippen LogP contribution in [0.4, 0.5) is 0 Å². The highest BCUT2D eigenvalue weighted by molar-refractivity contribution is 6.30. The van der Waals surface area contributed by atoms with Crippen LogP contribution >= 0.6 is 11.6 Å². The number of aromatic nitrogens is 2. The van der Waals surface area contributed by atoms with Crippen molar-refractivity contribution in [1.29, 1.82) is 0 Å². The number of hydrogen-bond donors (Lipinski definition) is 1. The Labute approximate surface area is 144 Å². The number of carbonyl (C=O) groups is 1. The number of imidazole rings is 1. The van der Waals surface area contributed by atoms with Crippen LogP contribution in [0, 0.1) is 0 Å². The second-order valence-electron chi connectivity index (χ2n) is 5.31. The third-order valence-corrected chi connectivity index (χ3v) is 3.92. The van der Waals surface area contributed by atoms with Crippen LogP contribution in [0.3, 0.4) is 0 Å². The first-order valence-corrected chi connectivity index (χ1v) is 8.08. The Balaban J connectivity index is 2.19. The summed E-state index contributed by atoms with van der Waals surface area (Å²) in [5, 5.41) is 9.63. The number of rotatable bonds is 6. The van der Waals surface area contributed by atoms with Gasteiger partial charge in [0.2, 0.25) is 0 Å². The summed E-state index contributed by atoms with van der Waals surface area (Å²) in [6.07, 6.45) is 2.13. The van der Waals surface area contributed by atoms with Crippen LogP contribution in [0.5, 0.6) is 5.75 Å². The lowest BCUT2D eigenvalue weighted by atomic mass is 10.1. The van der Waals surface area contributed by atoms with E-state index >= 15 is 0 Å². The SMILES string of the molecule is CCOc1ccccc1-c1nc2ccc(Cl)cn2c1CCC(=O)O. The molecule has 0 spiro atoms. The molecule has 5 nitrogen and oxygen atoms in total. The zero-order valence-electron chi connectivity index (χ0n) is 13.2. The van der Waals surface area contributed by atoms with E-state index in [4.69, 9.17) is 21.4 Å². The molecule has 0 fully saturated rings. The van der Waals surface area contributed by atoms with Crippen molar-refractivity contribution in [2.24, 2.45) is 0 Å². The predicted octanol–water partition coefficient (Wildman–Crippen LogP) is 4.07. The van der Waals surface area contributed by atoms with Crippen molar-refractivity contribution in [2.45, 2.75) is 19.8 Å². The summed E-state index contributed by atoms with van der Waals surface area (Å²) in [5.41, 5.74) is 3.10. The summed E-state index contributed by atoms with van der Waals surface area (Å²) in [4.78, 5) is 15.7. The molecule has 0 aliphatic rings. The number of fused-ring (bicyclic) bond motifs is 1. The Kier molecular flexibility index (Phi) is 4.71. The lowest BCUT2D eigenvalue weighted by molar-refractivity contribution is -0.136. The molecule has 0 unspecified atom stereocenters. The van der Waals surface area contributed by atoms with Gasteiger partial charge in [0.15, 0.2) is 0 Å². The molecule has 1 N–H and O–H groups in total. The molecule has 0 atom stereocenters. The average Bonchev–Trinajstić information content (AvgIpc) is 2.91. The van der Waals surface area contributed by atoms with E-state index in [2.05, 4.69) is 4.98 Å². The number of nitrogens with zero attached hydrogens (tertiary/aromatic N) is 2. The average molecular weight is 345 g/mol. The number of para-hydroxylation sites is 1. The van der Waals surface area contributed by atoms with Gasteiger partial charge in [-0.1, -0.05) is 23.7 Å². The van der Waals surface area contributed by atoms with Crippen LogP contribution in [0.2, 0.25) is 5.02 Å². The van der Waals surface area contributed by atoms with Crippen molar-refractivity contribution in [3.8, 4) is 17.0 Å². The monoisotopic (exact) mass is 344 g/mol. The molecular formula is C18H17ClN2O3. The van der Waals surface area contributed by atoms with E-state index in [0.29, 0.717) is 18.1 Å². The third kappa shape index (κ3) is 3.21. The summed E-state index contributed by atoms with van der Waals surface area (Å²) in [7, 11) is 0. The van der Waals surface area contributed by atoms with E-state index in [9.17, 15) is 4.79 Å². The first-order chi connectivity index (χ1) is 11.6. The minimum Gasteiger partial charge on any atom is -0.493 e. The number of hydrogen-bond acceptors (Lipinski definition) is 3. The number of aryl methyl sites for hydroxylation is 1. The zero-order valence-corrected chi connectivity index (χ0v) is 14.0. The normalized spacial score (nSPS) is 10.9. The number of carboxylic acid groups (broad SMARTS) is 1. The van der Waals surface area contributed by atoms with Gasteiger partial charge < -0.3 is 14.2 Å². The van der Waals surface area contributed by atoms with Crippen molar-refractivity contribution in [3.05, 3.63) is 53.3 Å². The quantitative estimate of drug-likeness (QED) is 0.732. The van der Waals surface area contributed by atoms with Gasteiger partial charge in [0.05, 0.1) is 29.4 Å². The van der Waals surface area contributed by atoms with Gasteiger partial charge >= 0.3 is 5.97 Å². The van der Waals surface area contributed by atoms with Gasteiger partial charge in [0.25, 0.3) is 0 Å². The molecule has 3 rings (SSSR count). The fourth-order valence-electron chi connectivity index (χ4n) is 2.69. The molecule has 2 aromatic heterocycles. The van der Waals surface area contributed by atoms with Crippen LogP contribution < -0.4 is 4.74 Å². The molecule has 0 saturated heterocycles. The number of benzene rings is 1. The molecule has 0 aliphatic heterocycles. The lowest BCUT2D eigenvalue weighted by Crippen LogP contribution is -2.02. The van der Waals surface area contributed by atoms with E-state index in [1.54, 1.807) is 12.3 Å². The van der Waals surface area contributed by atoms with Crippen LogP contribution in [0.25, 0.3) is 16.9 Å². The Morgan fingerprint density at radius 2 is 2.08 bits per heavy atom. The van der Waals surface area contributed by atoms with Crippen LogP contribution in [-0.4, -0.2) is 27.1 Å². The number of aliphatic carboxylic acids is 1. The maximum Gasteiger partial charge on any atom is 0.303 e. The molecule has 0 saturated carbocycles. The maximum atomic E-state index is 11.0. The summed E-state index contributed by atoms with van der Waals surface area (Å²) < 4.78 is 7.55. The number of carboxylic acids is 1. The third-order valence-electron chi connectivity index (χ3n) is 3.70. The van der Waals surface area contributed by atoms with Crippen molar-refractivity contribution < 1.29 is 14.6 Å².